The summed E-state index contributed by atoms with van der Waals surface area (Å²) < 4.78 is 0. The first-order valence-corrected chi connectivity index (χ1v) is 17.7. The van der Waals surface area contributed by atoms with Gasteiger partial charge in [-0.1, -0.05) is 147 Å². The third kappa shape index (κ3) is 3.99. The lowest BCUT2D eigenvalue weighted by Gasteiger charge is -2.22. The molecule has 0 saturated carbocycles. The van der Waals surface area contributed by atoms with Gasteiger partial charge in [0.2, 0.25) is 0 Å². The summed E-state index contributed by atoms with van der Waals surface area (Å²) in [6.45, 7) is 4.70. The molecule has 0 unspecified atom stereocenters. The molecule has 0 spiro atoms. The Morgan fingerprint density at radius 3 is 1.53 bits per heavy atom. The van der Waals surface area contributed by atoms with E-state index in [-0.39, 0.29) is 5.41 Å². The summed E-state index contributed by atoms with van der Waals surface area (Å²) in [7, 11) is 0. The zero-order chi connectivity index (χ0) is 33.8. The van der Waals surface area contributed by atoms with Crippen molar-refractivity contribution < 1.29 is 0 Å². The van der Waals surface area contributed by atoms with Gasteiger partial charge in [0.1, 0.15) is 0 Å². The molecule has 10 aromatic rings. The Bertz CT molecular complexity index is 3080. The Hall–Kier alpha value is -6.38. The molecule has 1 aliphatic carbocycles. The van der Waals surface area contributed by atoms with Crippen molar-refractivity contribution in [1.29, 1.82) is 0 Å². The number of nitrogens with zero attached hydrogens (tertiary/aromatic N) is 2. The first-order valence-electron chi connectivity index (χ1n) is 17.7. The van der Waals surface area contributed by atoms with E-state index >= 15 is 0 Å². The van der Waals surface area contributed by atoms with Crippen LogP contribution in [0.2, 0.25) is 0 Å². The molecule has 0 N–H and O–H groups in total. The molecule has 9 aromatic carbocycles. The van der Waals surface area contributed by atoms with E-state index < -0.39 is 0 Å². The average molecular weight is 649 g/mol. The van der Waals surface area contributed by atoms with Crippen LogP contribution in [0.1, 0.15) is 25.0 Å². The molecular formula is C49H32N2. The van der Waals surface area contributed by atoms with Crippen LogP contribution in [0.5, 0.6) is 0 Å². The Balaban J connectivity index is 1.13. The van der Waals surface area contributed by atoms with Crippen LogP contribution in [0.3, 0.4) is 0 Å². The summed E-state index contributed by atoms with van der Waals surface area (Å²) in [5.74, 6) is 0. The molecule has 1 aliphatic rings. The normalized spacial score (nSPS) is 13.5. The number of benzene rings is 9. The zero-order valence-electron chi connectivity index (χ0n) is 28.4. The molecule has 238 valence electrons. The van der Waals surface area contributed by atoms with Crippen molar-refractivity contribution in [2.24, 2.45) is 0 Å². The molecular weight excluding hydrogens is 617 g/mol. The highest BCUT2D eigenvalue weighted by Gasteiger charge is 2.35. The van der Waals surface area contributed by atoms with E-state index in [1.807, 2.05) is 6.20 Å². The molecule has 0 atom stereocenters. The van der Waals surface area contributed by atoms with Crippen LogP contribution in [0.4, 0.5) is 0 Å². The number of fused-ring (bicyclic) bond motifs is 15. The second kappa shape index (κ2) is 10.3. The van der Waals surface area contributed by atoms with Crippen molar-refractivity contribution in [3.8, 4) is 33.5 Å². The molecule has 0 saturated heterocycles. The number of hydrogen-bond acceptors (Lipinski definition) is 2. The SMILES string of the molecule is CC1(C)c2ccccc2-c2ccc(-c3ccc4c5ccccc5c5ccc(-c6cnc7c8ccccc8c8ccccc8c7n6)cc5c4c3)cc21. The maximum absolute atomic E-state index is 5.34. The van der Waals surface area contributed by atoms with E-state index in [4.69, 9.17) is 9.97 Å². The van der Waals surface area contributed by atoms with Gasteiger partial charge in [0, 0.05) is 21.8 Å². The van der Waals surface area contributed by atoms with Crippen molar-refractivity contribution in [2.45, 2.75) is 19.3 Å². The van der Waals surface area contributed by atoms with Crippen LogP contribution < -0.4 is 0 Å². The smallest absolute Gasteiger partial charge is 0.0979 e. The van der Waals surface area contributed by atoms with Gasteiger partial charge in [0.05, 0.1) is 22.9 Å². The fraction of sp³-hybridized carbons (Fsp3) is 0.0612. The summed E-state index contributed by atoms with van der Waals surface area (Å²) in [4.78, 5) is 10.4. The predicted octanol–water partition coefficient (Wildman–Crippen LogP) is 13.0. The van der Waals surface area contributed by atoms with Crippen LogP contribution in [-0.2, 0) is 5.41 Å². The topological polar surface area (TPSA) is 25.8 Å². The van der Waals surface area contributed by atoms with Crippen LogP contribution in [0.25, 0.3) is 98.4 Å². The van der Waals surface area contributed by atoms with Gasteiger partial charge in [-0.05, 0) is 94.7 Å². The van der Waals surface area contributed by atoms with Crippen molar-refractivity contribution in [3.63, 3.8) is 0 Å². The van der Waals surface area contributed by atoms with Crippen molar-refractivity contribution in [1.82, 2.24) is 9.97 Å². The van der Waals surface area contributed by atoms with Gasteiger partial charge in [-0.3, -0.25) is 4.98 Å². The molecule has 0 bridgehead atoms. The first kappa shape index (κ1) is 28.5. The number of hydrogen-bond donors (Lipinski definition) is 0. The van der Waals surface area contributed by atoms with Gasteiger partial charge in [-0.25, -0.2) is 4.98 Å². The monoisotopic (exact) mass is 648 g/mol. The molecule has 2 nitrogen and oxygen atoms in total. The molecule has 51 heavy (non-hydrogen) atoms. The zero-order valence-corrected chi connectivity index (χ0v) is 28.4. The van der Waals surface area contributed by atoms with Gasteiger partial charge in [0.25, 0.3) is 0 Å². The van der Waals surface area contributed by atoms with Crippen molar-refractivity contribution >= 4 is 64.9 Å². The Kier molecular flexibility index (Phi) is 5.76. The minimum Gasteiger partial charge on any atom is -0.252 e. The summed E-state index contributed by atoms with van der Waals surface area (Å²) in [6.07, 6.45) is 1.95. The van der Waals surface area contributed by atoms with Gasteiger partial charge >= 0.3 is 0 Å². The fourth-order valence-corrected chi connectivity index (χ4v) is 8.94. The summed E-state index contributed by atoms with van der Waals surface area (Å²) in [5, 5.41) is 12.2. The van der Waals surface area contributed by atoms with E-state index in [1.54, 1.807) is 0 Å². The Morgan fingerprint density at radius 2 is 0.843 bits per heavy atom. The first-order chi connectivity index (χ1) is 25.0. The molecule has 0 radical (unpaired) electrons. The maximum Gasteiger partial charge on any atom is 0.0979 e. The van der Waals surface area contributed by atoms with Crippen LogP contribution in [0, 0.1) is 0 Å². The number of aromatic nitrogens is 2. The largest absolute Gasteiger partial charge is 0.252 e. The summed E-state index contributed by atoms with van der Waals surface area (Å²) in [6, 6.07) is 55.6. The minimum atomic E-state index is -0.0465. The van der Waals surface area contributed by atoms with Gasteiger partial charge < -0.3 is 0 Å². The molecule has 0 fully saturated rings. The fourth-order valence-electron chi connectivity index (χ4n) is 8.94. The molecule has 11 rings (SSSR count). The summed E-state index contributed by atoms with van der Waals surface area (Å²) >= 11 is 0. The quantitative estimate of drug-likeness (QED) is 0.174. The minimum absolute atomic E-state index is 0.0465. The Labute approximate surface area is 295 Å². The van der Waals surface area contributed by atoms with E-state index in [0.717, 1.165) is 33.1 Å². The lowest BCUT2D eigenvalue weighted by Crippen LogP contribution is -2.14. The van der Waals surface area contributed by atoms with Crippen molar-refractivity contribution in [3.05, 3.63) is 169 Å². The molecule has 2 heteroatoms. The molecule has 0 aliphatic heterocycles. The van der Waals surface area contributed by atoms with Crippen molar-refractivity contribution in [2.75, 3.05) is 0 Å². The molecule has 1 heterocycles. The van der Waals surface area contributed by atoms with E-state index in [2.05, 4.69) is 166 Å². The van der Waals surface area contributed by atoms with Crippen LogP contribution in [-0.4, -0.2) is 9.97 Å². The van der Waals surface area contributed by atoms with Crippen LogP contribution >= 0.6 is 0 Å². The molecule has 0 amide bonds. The van der Waals surface area contributed by atoms with E-state index in [1.165, 1.54) is 76.5 Å². The second-order valence-electron chi connectivity index (χ2n) is 14.5. The highest BCUT2D eigenvalue weighted by atomic mass is 14.8. The second-order valence-corrected chi connectivity index (χ2v) is 14.5. The van der Waals surface area contributed by atoms with Gasteiger partial charge in [-0.2, -0.15) is 0 Å². The van der Waals surface area contributed by atoms with Gasteiger partial charge in [-0.15, -0.1) is 0 Å². The third-order valence-corrected chi connectivity index (χ3v) is 11.5. The standard InChI is InChI=1S/C49H32N2/c1-49(2)44-18-10-9-15-38(44)39-24-20-30(27-45(39)49)29-19-22-36-32-11-3-4-12-33(32)37-23-21-31(26-43(37)42(36)25-29)46-28-50-47-40-16-7-5-13-34(40)35-14-6-8-17-41(35)48(47)51-46/h3-28H,1-2H3. The van der Waals surface area contributed by atoms with E-state index in [0.29, 0.717) is 0 Å². The summed E-state index contributed by atoms with van der Waals surface area (Å²) in [5.41, 5.74) is 11.7. The lowest BCUT2D eigenvalue weighted by atomic mass is 9.81. The predicted molar refractivity (Wildman–Crippen MR) is 216 cm³/mol. The maximum atomic E-state index is 5.34. The third-order valence-electron chi connectivity index (χ3n) is 11.5. The van der Waals surface area contributed by atoms with Gasteiger partial charge in [0.15, 0.2) is 0 Å². The number of rotatable bonds is 2. The van der Waals surface area contributed by atoms with E-state index in [9.17, 15) is 0 Å². The van der Waals surface area contributed by atoms with Crippen LogP contribution in [0.15, 0.2) is 158 Å². The Morgan fingerprint density at radius 1 is 0.373 bits per heavy atom. The average Bonchev–Trinajstić information content (AvgIpc) is 3.43. The highest BCUT2D eigenvalue weighted by molar-refractivity contribution is 6.26. The molecule has 1 aromatic heterocycles. The lowest BCUT2D eigenvalue weighted by molar-refractivity contribution is 0.660. The highest BCUT2D eigenvalue weighted by Crippen LogP contribution is 2.50.